The van der Waals surface area contributed by atoms with Gasteiger partial charge in [0.05, 0.1) is 10.6 Å². The standard InChI is InChI=1S/C13H12Cl2N2O5S/c1-17(2)23(19,20)11-4-3-9(22-11)7-21-13(18)8-5-10(14)12(15)16-6-8/h3-6H,7H2,1-2H3. The molecule has 23 heavy (non-hydrogen) atoms. The molecule has 0 aliphatic rings. The molecule has 2 heterocycles. The maximum Gasteiger partial charge on any atom is 0.340 e. The average molecular weight is 379 g/mol. The highest BCUT2D eigenvalue weighted by Crippen LogP contribution is 2.21. The zero-order valence-corrected chi connectivity index (χ0v) is 14.4. The molecule has 2 rings (SSSR count). The lowest BCUT2D eigenvalue weighted by Crippen LogP contribution is -2.21. The zero-order chi connectivity index (χ0) is 17.2. The second-order valence-electron chi connectivity index (χ2n) is 4.58. The fourth-order valence-corrected chi connectivity index (χ4v) is 2.59. The van der Waals surface area contributed by atoms with E-state index in [1.807, 2.05) is 0 Å². The summed E-state index contributed by atoms with van der Waals surface area (Å²) in [7, 11) is -0.906. The van der Waals surface area contributed by atoms with Gasteiger partial charge in [0.25, 0.3) is 10.0 Å². The SMILES string of the molecule is CN(C)S(=O)(=O)c1ccc(COC(=O)c2cnc(Cl)c(Cl)c2)o1. The summed E-state index contributed by atoms with van der Waals surface area (Å²) in [5.41, 5.74) is 0.118. The predicted octanol–water partition coefficient (Wildman–Crippen LogP) is 2.59. The molecular formula is C13H12Cl2N2O5S. The van der Waals surface area contributed by atoms with E-state index in [-0.39, 0.29) is 33.2 Å². The molecule has 0 N–H and O–H groups in total. The van der Waals surface area contributed by atoms with Gasteiger partial charge in [0.1, 0.15) is 17.5 Å². The van der Waals surface area contributed by atoms with Crippen LogP contribution in [0.1, 0.15) is 16.1 Å². The predicted molar refractivity (Wildman–Crippen MR) is 83.0 cm³/mol. The summed E-state index contributed by atoms with van der Waals surface area (Å²) in [6.07, 6.45) is 1.22. The fourth-order valence-electron chi connectivity index (χ4n) is 1.51. The van der Waals surface area contributed by atoms with Gasteiger partial charge in [0.15, 0.2) is 0 Å². The van der Waals surface area contributed by atoms with E-state index in [0.717, 1.165) is 4.31 Å². The van der Waals surface area contributed by atoms with Crippen molar-refractivity contribution < 1.29 is 22.4 Å². The molecular weight excluding hydrogens is 367 g/mol. The Kier molecular flexibility index (Phi) is 5.30. The van der Waals surface area contributed by atoms with Gasteiger partial charge in [-0.2, -0.15) is 0 Å². The van der Waals surface area contributed by atoms with Crippen molar-refractivity contribution in [1.82, 2.24) is 9.29 Å². The molecule has 0 saturated heterocycles. The molecule has 0 aliphatic carbocycles. The second kappa shape index (κ2) is 6.88. The summed E-state index contributed by atoms with van der Waals surface area (Å²) in [4.78, 5) is 15.6. The van der Waals surface area contributed by atoms with Crippen molar-refractivity contribution in [1.29, 1.82) is 0 Å². The quantitative estimate of drug-likeness (QED) is 0.586. The molecule has 10 heteroatoms. The average Bonchev–Trinajstić information content (AvgIpc) is 2.97. The molecule has 124 valence electrons. The van der Waals surface area contributed by atoms with Gasteiger partial charge < -0.3 is 9.15 Å². The number of esters is 1. The van der Waals surface area contributed by atoms with Crippen molar-refractivity contribution in [2.24, 2.45) is 0 Å². The van der Waals surface area contributed by atoms with Crippen molar-refractivity contribution in [2.45, 2.75) is 11.7 Å². The molecule has 0 amide bonds. The number of furan rings is 1. The summed E-state index contributed by atoms with van der Waals surface area (Å²) >= 11 is 11.4. The number of halogens is 2. The van der Waals surface area contributed by atoms with Crippen LogP contribution < -0.4 is 0 Å². The molecule has 0 aliphatic heterocycles. The number of hydrogen-bond acceptors (Lipinski definition) is 6. The fraction of sp³-hybridized carbons (Fsp3) is 0.231. The number of nitrogens with zero attached hydrogens (tertiary/aromatic N) is 2. The largest absolute Gasteiger partial charge is 0.454 e. The van der Waals surface area contributed by atoms with E-state index in [2.05, 4.69) is 4.98 Å². The van der Waals surface area contributed by atoms with Crippen LogP contribution in [-0.4, -0.2) is 37.8 Å². The van der Waals surface area contributed by atoms with Gasteiger partial charge in [-0.25, -0.2) is 22.5 Å². The lowest BCUT2D eigenvalue weighted by atomic mass is 10.3. The van der Waals surface area contributed by atoms with Gasteiger partial charge in [-0.15, -0.1) is 0 Å². The minimum Gasteiger partial charge on any atom is -0.454 e. The number of carbonyl (C=O) groups is 1. The molecule has 0 saturated carbocycles. The van der Waals surface area contributed by atoms with Crippen LogP contribution in [0, 0.1) is 0 Å². The number of carbonyl (C=O) groups excluding carboxylic acids is 1. The van der Waals surface area contributed by atoms with E-state index in [1.165, 1.54) is 38.5 Å². The first kappa shape index (κ1) is 17.7. The smallest absolute Gasteiger partial charge is 0.340 e. The number of sulfonamides is 1. The molecule has 0 bridgehead atoms. The van der Waals surface area contributed by atoms with Gasteiger partial charge in [-0.1, -0.05) is 23.2 Å². The van der Waals surface area contributed by atoms with Gasteiger partial charge >= 0.3 is 5.97 Å². The summed E-state index contributed by atoms with van der Waals surface area (Å²) in [6.45, 7) is -0.234. The molecule has 7 nitrogen and oxygen atoms in total. The summed E-state index contributed by atoms with van der Waals surface area (Å²) in [5.74, 6) is -0.503. The van der Waals surface area contributed by atoms with Gasteiger partial charge in [0.2, 0.25) is 5.09 Å². The lowest BCUT2D eigenvalue weighted by molar-refractivity contribution is 0.0440. The maximum absolute atomic E-state index is 11.9. The third-order valence-electron chi connectivity index (χ3n) is 2.75. The zero-order valence-electron chi connectivity index (χ0n) is 12.1. The van der Waals surface area contributed by atoms with Gasteiger partial charge in [-0.3, -0.25) is 0 Å². The van der Waals surface area contributed by atoms with Crippen LogP contribution in [0.15, 0.2) is 33.9 Å². The highest BCUT2D eigenvalue weighted by atomic mass is 35.5. The van der Waals surface area contributed by atoms with E-state index < -0.39 is 16.0 Å². The second-order valence-corrected chi connectivity index (χ2v) is 7.43. The molecule has 0 unspecified atom stereocenters. The van der Waals surface area contributed by atoms with Crippen LogP contribution in [0.5, 0.6) is 0 Å². The summed E-state index contributed by atoms with van der Waals surface area (Å²) < 4.78 is 34.9. The first-order valence-electron chi connectivity index (χ1n) is 6.21. The molecule has 2 aromatic rings. The Morgan fingerprint density at radius 2 is 2.04 bits per heavy atom. The van der Waals surface area contributed by atoms with Crippen LogP contribution in [0.2, 0.25) is 10.2 Å². The Morgan fingerprint density at radius 1 is 1.35 bits per heavy atom. The summed E-state index contributed by atoms with van der Waals surface area (Å²) in [5, 5.41) is -0.0315. The molecule has 0 spiro atoms. The van der Waals surface area contributed by atoms with Crippen molar-refractivity contribution in [3.63, 3.8) is 0 Å². The maximum atomic E-state index is 11.9. The van der Waals surface area contributed by atoms with E-state index in [0.29, 0.717) is 0 Å². The molecule has 2 aromatic heterocycles. The highest BCUT2D eigenvalue weighted by molar-refractivity contribution is 7.88. The number of rotatable bonds is 5. The van der Waals surface area contributed by atoms with Crippen LogP contribution >= 0.6 is 23.2 Å². The Hall–Kier alpha value is -1.61. The normalized spacial score (nSPS) is 11.7. The third kappa shape index (κ3) is 4.03. The minimum atomic E-state index is -3.67. The number of pyridine rings is 1. The van der Waals surface area contributed by atoms with E-state index in [1.54, 1.807) is 0 Å². The van der Waals surface area contributed by atoms with Crippen LogP contribution in [0.25, 0.3) is 0 Å². The molecule has 0 radical (unpaired) electrons. The molecule has 0 aromatic carbocycles. The van der Waals surface area contributed by atoms with E-state index >= 15 is 0 Å². The van der Waals surface area contributed by atoms with Crippen molar-refractivity contribution in [3.8, 4) is 0 Å². The lowest BCUT2D eigenvalue weighted by Gasteiger charge is -2.08. The third-order valence-corrected chi connectivity index (χ3v) is 5.12. The van der Waals surface area contributed by atoms with Crippen LogP contribution in [0.4, 0.5) is 0 Å². The van der Waals surface area contributed by atoms with E-state index in [9.17, 15) is 13.2 Å². The van der Waals surface area contributed by atoms with Gasteiger partial charge in [0, 0.05) is 20.3 Å². The monoisotopic (exact) mass is 378 g/mol. The van der Waals surface area contributed by atoms with Crippen LogP contribution in [-0.2, 0) is 21.4 Å². The number of hydrogen-bond donors (Lipinski definition) is 0. The highest BCUT2D eigenvalue weighted by Gasteiger charge is 2.22. The Bertz CT molecular complexity index is 833. The minimum absolute atomic E-state index is 0.0767. The van der Waals surface area contributed by atoms with Crippen LogP contribution in [0.3, 0.4) is 0 Å². The van der Waals surface area contributed by atoms with Crippen molar-refractivity contribution in [3.05, 3.63) is 45.9 Å². The molecule has 0 atom stereocenters. The Labute approximate surface area is 142 Å². The van der Waals surface area contributed by atoms with Gasteiger partial charge in [-0.05, 0) is 18.2 Å². The Balaban J connectivity index is 2.05. The first-order valence-corrected chi connectivity index (χ1v) is 8.41. The Morgan fingerprint density at radius 3 is 2.65 bits per heavy atom. The first-order chi connectivity index (χ1) is 10.7. The molecule has 0 fully saturated rings. The van der Waals surface area contributed by atoms with E-state index in [4.69, 9.17) is 32.4 Å². The summed E-state index contributed by atoms with van der Waals surface area (Å²) in [6, 6.07) is 4.03. The van der Waals surface area contributed by atoms with Crippen molar-refractivity contribution in [2.75, 3.05) is 14.1 Å². The number of ether oxygens (including phenoxy) is 1. The number of aromatic nitrogens is 1. The topological polar surface area (TPSA) is 89.7 Å². The van der Waals surface area contributed by atoms with Crippen molar-refractivity contribution >= 4 is 39.2 Å².